The number of anilines is 3. The molecular weight excluding hydrogens is 631 g/mol. The van der Waals surface area contributed by atoms with Crippen LogP contribution >= 0.6 is 0 Å². The fourth-order valence-corrected chi connectivity index (χ4v) is 7.95. The Morgan fingerprint density at radius 1 is 0.327 bits per heavy atom. The highest BCUT2D eigenvalue weighted by Gasteiger charge is 2.24. The van der Waals surface area contributed by atoms with Gasteiger partial charge in [0.05, 0.1) is 17.1 Å². The molecule has 10 rings (SSSR count). The third kappa shape index (κ3) is 4.88. The van der Waals surface area contributed by atoms with Crippen LogP contribution in [0, 0.1) is 0 Å². The molecule has 2 heteroatoms. The number of rotatable bonds is 6. The van der Waals surface area contributed by atoms with Crippen LogP contribution in [-0.4, -0.2) is 0 Å². The number of hydrogen-bond donors (Lipinski definition) is 0. The predicted molar refractivity (Wildman–Crippen MR) is 220 cm³/mol. The Labute approximate surface area is 302 Å². The molecule has 52 heavy (non-hydrogen) atoms. The Bertz CT molecular complexity index is 2900. The van der Waals surface area contributed by atoms with Gasteiger partial charge < -0.3 is 9.32 Å². The van der Waals surface area contributed by atoms with E-state index in [4.69, 9.17) is 4.42 Å². The lowest BCUT2D eigenvalue weighted by molar-refractivity contribution is 0.673. The van der Waals surface area contributed by atoms with Crippen LogP contribution in [0.15, 0.2) is 205 Å². The second-order valence-electron chi connectivity index (χ2n) is 13.2. The first kappa shape index (κ1) is 30.0. The molecule has 1 heterocycles. The number of furan rings is 1. The van der Waals surface area contributed by atoms with Gasteiger partial charge in [-0.2, -0.15) is 0 Å². The van der Waals surface area contributed by atoms with E-state index in [1.54, 1.807) is 0 Å². The zero-order valence-electron chi connectivity index (χ0n) is 28.4. The van der Waals surface area contributed by atoms with E-state index in [0.717, 1.165) is 60.9 Å². The largest absolute Gasteiger partial charge is 0.455 e. The molecule has 0 fully saturated rings. The van der Waals surface area contributed by atoms with Crippen molar-refractivity contribution in [3.63, 3.8) is 0 Å². The van der Waals surface area contributed by atoms with Crippen molar-refractivity contribution in [2.75, 3.05) is 4.90 Å². The van der Waals surface area contributed by atoms with Crippen LogP contribution in [0.5, 0.6) is 0 Å². The smallest absolute Gasteiger partial charge is 0.143 e. The normalized spacial score (nSPS) is 11.5. The number of fused-ring (bicyclic) bond motifs is 6. The van der Waals surface area contributed by atoms with Gasteiger partial charge in [-0.05, 0) is 57.5 Å². The van der Waals surface area contributed by atoms with Gasteiger partial charge in [0.15, 0.2) is 0 Å². The molecule has 10 aromatic rings. The summed E-state index contributed by atoms with van der Waals surface area (Å²) in [4.78, 5) is 2.46. The SMILES string of the molecule is c1ccc(-c2ccccc2-c2cccc3oc4c5ccccc5c(N(c5ccccc5-c5ccccc5)c5cccc6ccccc56)cc4c23)cc1. The molecule has 0 aliphatic rings. The monoisotopic (exact) mass is 663 g/mol. The molecular formula is C50H33NO. The first-order valence-corrected chi connectivity index (χ1v) is 17.8. The molecule has 0 saturated heterocycles. The van der Waals surface area contributed by atoms with Crippen LogP contribution in [0.4, 0.5) is 17.1 Å². The van der Waals surface area contributed by atoms with E-state index in [-0.39, 0.29) is 0 Å². The van der Waals surface area contributed by atoms with E-state index in [9.17, 15) is 0 Å². The fraction of sp³-hybridized carbons (Fsp3) is 0. The molecule has 0 saturated carbocycles. The average molecular weight is 664 g/mol. The maximum absolute atomic E-state index is 6.86. The third-order valence-corrected chi connectivity index (χ3v) is 10.3. The molecule has 0 unspecified atom stereocenters. The second-order valence-corrected chi connectivity index (χ2v) is 13.2. The van der Waals surface area contributed by atoms with Crippen molar-refractivity contribution in [1.29, 1.82) is 0 Å². The highest BCUT2D eigenvalue weighted by molar-refractivity contribution is 6.23. The van der Waals surface area contributed by atoms with Crippen molar-refractivity contribution in [2.24, 2.45) is 0 Å². The topological polar surface area (TPSA) is 16.4 Å². The van der Waals surface area contributed by atoms with Gasteiger partial charge in [0.1, 0.15) is 11.2 Å². The molecule has 0 aliphatic carbocycles. The van der Waals surface area contributed by atoms with Crippen molar-refractivity contribution in [3.8, 4) is 33.4 Å². The molecule has 0 N–H and O–H groups in total. The summed E-state index contributed by atoms with van der Waals surface area (Å²) in [6.07, 6.45) is 0. The van der Waals surface area contributed by atoms with Gasteiger partial charge in [-0.1, -0.05) is 176 Å². The van der Waals surface area contributed by atoms with Crippen LogP contribution in [0.3, 0.4) is 0 Å². The van der Waals surface area contributed by atoms with Crippen molar-refractivity contribution in [1.82, 2.24) is 0 Å². The highest BCUT2D eigenvalue weighted by atomic mass is 16.3. The lowest BCUT2D eigenvalue weighted by Crippen LogP contribution is -2.12. The maximum atomic E-state index is 6.86. The van der Waals surface area contributed by atoms with E-state index in [1.807, 2.05) is 0 Å². The van der Waals surface area contributed by atoms with Gasteiger partial charge in [-0.3, -0.25) is 0 Å². The van der Waals surface area contributed by atoms with Crippen molar-refractivity contribution >= 4 is 60.5 Å². The zero-order chi connectivity index (χ0) is 34.4. The van der Waals surface area contributed by atoms with Crippen LogP contribution in [0.1, 0.15) is 0 Å². The number of hydrogen-bond acceptors (Lipinski definition) is 2. The Balaban J connectivity index is 1.33. The molecule has 0 aliphatic heterocycles. The van der Waals surface area contributed by atoms with Gasteiger partial charge >= 0.3 is 0 Å². The number of nitrogens with zero attached hydrogens (tertiary/aromatic N) is 1. The zero-order valence-corrected chi connectivity index (χ0v) is 28.4. The lowest BCUT2D eigenvalue weighted by Gasteiger charge is -2.30. The fourth-order valence-electron chi connectivity index (χ4n) is 7.95. The molecule has 1 aromatic heterocycles. The van der Waals surface area contributed by atoms with E-state index in [2.05, 4.69) is 205 Å². The van der Waals surface area contributed by atoms with E-state index in [1.165, 1.54) is 33.0 Å². The van der Waals surface area contributed by atoms with Gasteiger partial charge in [0.2, 0.25) is 0 Å². The molecule has 0 atom stereocenters. The summed E-state index contributed by atoms with van der Waals surface area (Å²) >= 11 is 0. The summed E-state index contributed by atoms with van der Waals surface area (Å²) < 4.78 is 6.86. The summed E-state index contributed by atoms with van der Waals surface area (Å²) in [6, 6.07) is 71.6. The Kier molecular flexibility index (Phi) is 7.18. The number of para-hydroxylation sites is 1. The molecule has 244 valence electrons. The molecule has 0 spiro atoms. The lowest BCUT2D eigenvalue weighted by atomic mass is 9.91. The highest BCUT2D eigenvalue weighted by Crippen LogP contribution is 2.49. The molecule has 2 nitrogen and oxygen atoms in total. The quantitative estimate of drug-likeness (QED) is 0.176. The van der Waals surface area contributed by atoms with E-state index < -0.39 is 0 Å². The molecule has 0 bridgehead atoms. The standard InChI is InChI=1S/C50H33NO/c1-3-17-34(18-4-1)37-23-9-10-26-40(37)42-29-16-32-48-49(42)44-33-47(41-27-11-12-28-43(41)50(44)52-48)51(46-31-15-22-36-21-7-8-24-39(36)46)45-30-14-13-25-38(45)35-19-5-2-6-20-35/h1-33H. The van der Waals surface area contributed by atoms with Crippen molar-refractivity contribution < 1.29 is 4.42 Å². The summed E-state index contributed by atoms with van der Waals surface area (Å²) in [5.74, 6) is 0. The van der Waals surface area contributed by atoms with Crippen LogP contribution < -0.4 is 4.90 Å². The van der Waals surface area contributed by atoms with Crippen molar-refractivity contribution in [2.45, 2.75) is 0 Å². The maximum Gasteiger partial charge on any atom is 0.143 e. The third-order valence-electron chi connectivity index (χ3n) is 10.3. The Morgan fingerprint density at radius 3 is 1.65 bits per heavy atom. The molecule has 0 amide bonds. The van der Waals surface area contributed by atoms with E-state index in [0.29, 0.717) is 0 Å². The van der Waals surface area contributed by atoms with Crippen LogP contribution in [0.25, 0.3) is 76.9 Å². The van der Waals surface area contributed by atoms with Gasteiger partial charge in [-0.15, -0.1) is 0 Å². The van der Waals surface area contributed by atoms with E-state index >= 15 is 0 Å². The number of benzene rings is 9. The summed E-state index contributed by atoms with van der Waals surface area (Å²) in [6.45, 7) is 0. The Morgan fingerprint density at radius 2 is 0.865 bits per heavy atom. The second kappa shape index (κ2) is 12.5. The molecule has 9 aromatic carbocycles. The van der Waals surface area contributed by atoms with Crippen LogP contribution in [-0.2, 0) is 0 Å². The van der Waals surface area contributed by atoms with Gasteiger partial charge in [-0.25, -0.2) is 0 Å². The summed E-state index contributed by atoms with van der Waals surface area (Å²) in [5.41, 5.74) is 12.1. The summed E-state index contributed by atoms with van der Waals surface area (Å²) in [7, 11) is 0. The minimum absolute atomic E-state index is 0.874. The van der Waals surface area contributed by atoms with Gasteiger partial charge in [0.25, 0.3) is 0 Å². The van der Waals surface area contributed by atoms with Crippen molar-refractivity contribution in [3.05, 3.63) is 200 Å². The van der Waals surface area contributed by atoms with Gasteiger partial charge in [0, 0.05) is 32.5 Å². The van der Waals surface area contributed by atoms with Crippen LogP contribution in [0.2, 0.25) is 0 Å². The Hall–Kier alpha value is -6.90. The summed E-state index contributed by atoms with van der Waals surface area (Å²) in [5, 5.41) is 6.78. The minimum atomic E-state index is 0.874. The first-order valence-electron chi connectivity index (χ1n) is 17.8. The average Bonchev–Trinajstić information content (AvgIpc) is 3.61. The first-order chi connectivity index (χ1) is 25.8. The minimum Gasteiger partial charge on any atom is -0.455 e. The molecule has 0 radical (unpaired) electrons. The predicted octanol–water partition coefficient (Wildman–Crippen LogP) is 14.4.